The van der Waals surface area contributed by atoms with Crippen molar-refractivity contribution in [2.45, 2.75) is 24.9 Å². The molecule has 3 atom stereocenters. The number of ether oxygens (including phenoxy) is 3. The van der Waals surface area contributed by atoms with Crippen LogP contribution in [0.25, 0.3) is 6.08 Å². The Balaban J connectivity index is 2.27. The van der Waals surface area contributed by atoms with Crippen molar-refractivity contribution in [2.24, 2.45) is 0 Å². The summed E-state index contributed by atoms with van der Waals surface area (Å²) in [5, 5.41) is 9.34. The molecular weight excluding hydrogens is 360 g/mol. The van der Waals surface area contributed by atoms with E-state index in [1.54, 1.807) is 0 Å². The van der Waals surface area contributed by atoms with E-state index >= 15 is 0 Å². The summed E-state index contributed by atoms with van der Waals surface area (Å²) in [5.41, 5.74) is -0.756. The van der Waals surface area contributed by atoms with Crippen LogP contribution in [0.15, 0.2) is 20.8 Å². The monoisotopic (exact) mass is 376 g/mol. The van der Waals surface area contributed by atoms with Gasteiger partial charge in [-0.05, 0) is 11.1 Å². The summed E-state index contributed by atoms with van der Waals surface area (Å²) in [5.74, 6) is 0. The molecule has 0 amide bonds. The van der Waals surface area contributed by atoms with E-state index in [1.165, 1.54) is 28.9 Å². The lowest BCUT2D eigenvalue weighted by molar-refractivity contribution is -0.108. The topological polar surface area (TPSA) is 103 Å². The number of nitrogens with zero attached hydrogens (tertiary/aromatic N) is 1. The Labute approximate surface area is 134 Å². The molecule has 0 unspecified atom stereocenters. The van der Waals surface area contributed by atoms with Crippen LogP contribution < -0.4 is 11.2 Å². The zero-order chi connectivity index (χ0) is 16.1. The minimum Gasteiger partial charge on any atom is -0.394 e. The molecule has 2 N–H and O–H groups in total. The molecule has 0 aromatic carbocycles. The highest BCUT2D eigenvalue weighted by molar-refractivity contribution is 9.11. The van der Waals surface area contributed by atoms with Gasteiger partial charge in [-0.25, -0.2) is 4.79 Å². The summed E-state index contributed by atoms with van der Waals surface area (Å²) in [6.45, 7) is -0.174. The zero-order valence-corrected chi connectivity index (χ0v) is 13.5. The lowest BCUT2D eigenvalue weighted by Crippen LogP contribution is -2.33. The number of nitrogens with one attached hydrogen (secondary N) is 1. The minimum absolute atomic E-state index is 0.0648. The van der Waals surface area contributed by atoms with Crippen molar-refractivity contribution in [2.75, 3.05) is 20.5 Å². The van der Waals surface area contributed by atoms with Gasteiger partial charge in [-0.1, -0.05) is 15.9 Å². The predicted octanol–water partition coefficient (Wildman–Crippen LogP) is 0.171. The standard InChI is InChI=1S/C13H17BrN2O6/c1-20-7-21-9-4-11(22-10(9)6-17)16-5-8(2-3-14)12(18)15-13(16)19/h2-3,5,9-11,17H,4,6-7H2,1H3,(H,15,18,19)/b3-2+/t9-,10+,11+/m0/s1. The molecule has 1 fully saturated rings. The highest BCUT2D eigenvalue weighted by Crippen LogP contribution is 2.29. The molecule has 8 nitrogen and oxygen atoms in total. The molecule has 0 saturated carbocycles. The molecule has 2 heterocycles. The number of rotatable bonds is 6. The van der Waals surface area contributed by atoms with Crippen LogP contribution in [-0.4, -0.2) is 47.4 Å². The summed E-state index contributed by atoms with van der Waals surface area (Å²) in [7, 11) is 1.49. The van der Waals surface area contributed by atoms with Crippen molar-refractivity contribution >= 4 is 22.0 Å². The highest BCUT2D eigenvalue weighted by atomic mass is 79.9. The average Bonchev–Trinajstić information content (AvgIpc) is 2.91. The number of aliphatic hydroxyl groups is 1. The van der Waals surface area contributed by atoms with Crippen molar-refractivity contribution in [3.63, 3.8) is 0 Å². The first-order valence-electron chi connectivity index (χ1n) is 6.59. The fraction of sp³-hybridized carbons (Fsp3) is 0.538. The molecule has 1 saturated heterocycles. The SMILES string of the molecule is COCO[C@H]1C[C@H](n2cc(/C=C/Br)c(=O)[nH]c2=O)O[C@@H]1CO. The van der Waals surface area contributed by atoms with Crippen LogP contribution in [0.3, 0.4) is 0 Å². The predicted molar refractivity (Wildman–Crippen MR) is 81.6 cm³/mol. The van der Waals surface area contributed by atoms with Gasteiger partial charge in [-0.3, -0.25) is 14.3 Å². The van der Waals surface area contributed by atoms with Crippen molar-refractivity contribution in [3.05, 3.63) is 37.6 Å². The Morgan fingerprint density at radius 1 is 1.59 bits per heavy atom. The number of aromatic amines is 1. The lowest BCUT2D eigenvalue weighted by Gasteiger charge is -2.15. The van der Waals surface area contributed by atoms with Gasteiger partial charge in [-0.2, -0.15) is 0 Å². The number of hydrogen-bond acceptors (Lipinski definition) is 6. The van der Waals surface area contributed by atoms with E-state index in [9.17, 15) is 14.7 Å². The first kappa shape index (κ1) is 17.1. The molecule has 0 bridgehead atoms. The fourth-order valence-electron chi connectivity index (χ4n) is 2.27. The van der Waals surface area contributed by atoms with Crippen molar-refractivity contribution in [3.8, 4) is 0 Å². The fourth-order valence-corrected chi connectivity index (χ4v) is 2.55. The van der Waals surface area contributed by atoms with E-state index in [-0.39, 0.29) is 13.4 Å². The van der Waals surface area contributed by atoms with Crippen LogP contribution in [-0.2, 0) is 14.2 Å². The zero-order valence-electron chi connectivity index (χ0n) is 11.9. The quantitative estimate of drug-likeness (QED) is 0.686. The second kappa shape index (κ2) is 7.84. The van der Waals surface area contributed by atoms with Gasteiger partial charge in [-0.15, -0.1) is 0 Å². The van der Waals surface area contributed by atoms with Crippen LogP contribution in [0, 0.1) is 0 Å². The van der Waals surface area contributed by atoms with Gasteiger partial charge in [0.25, 0.3) is 5.56 Å². The number of aromatic nitrogens is 2. The third-order valence-electron chi connectivity index (χ3n) is 3.31. The molecule has 0 radical (unpaired) electrons. The molecule has 1 aliphatic rings. The van der Waals surface area contributed by atoms with E-state index in [0.717, 1.165) is 0 Å². The Bertz CT molecular complexity index is 640. The first-order valence-corrected chi connectivity index (χ1v) is 7.51. The number of halogens is 1. The molecule has 1 aromatic rings. The number of aliphatic hydroxyl groups excluding tert-OH is 1. The largest absolute Gasteiger partial charge is 0.394 e. The van der Waals surface area contributed by atoms with E-state index in [4.69, 9.17) is 14.2 Å². The van der Waals surface area contributed by atoms with Crippen LogP contribution in [0.5, 0.6) is 0 Å². The summed E-state index contributed by atoms with van der Waals surface area (Å²) in [6, 6.07) is 0. The molecule has 1 aromatic heterocycles. The molecule has 1 aliphatic heterocycles. The van der Waals surface area contributed by atoms with Crippen molar-refractivity contribution in [1.82, 2.24) is 9.55 Å². The lowest BCUT2D eigenvalue weighted by atomic mass is 10.2. The second-order valence-electron chi connectivity index (χ2n) is 4.70. The average molecular weight is 377 g/mol. The van der Waals surface area contributed by atoms with Crippen molar-refractivity contribution in [1.29, 1.82) is 0 Å². The van der Waals surface area contributed by atoms with Gasteiger partial charge >= 0.3 is 5.69 Å². The van der Waals surface area contributed by atoms with E-state index < -0.39 is 29.7 Å². The van der Waals surface area contributed by atoms with Gasteiger partial charge in [0.15, 0.2) is 0 Å². The van der Waals surface area contributed by atoms with E-state index in [2.05, 4.69) is 20.9 Å². The molecule has 22 heavy (non-hydrogen) atoms. The summed E-state index contributed by atoms with van der Waals surface area (Å²) >= 11 is 3.09. The van der Waals surface area contributed by atoms with E-state index in [1.807, 2.05) is 0 Å². The first-order chi connectivity index (χ1) is 10.6. The third-order valence-corrected chi connectivity index (χ3v) is 3.57. The normalized spacial score (nSPS) is 25.1. The molecule has 2 rings (SSSR count). The highest BCUT2D eigenvalue weighted by Gasteiger charge is 2.37. The maximum absolute atomic E-state index is 12.0. The molecule has 0 spiro atoms. The van der Waals surface area contributed by atoms with Crippen LogP contribution in [0.2, 0.25) is 0 Å². The molecule has 122 valence electrons. The van der Waals surface area contributed by atoms with Crippen LogP contribution in [0.4, 0.5) is 0 Å². The van der Waals surface area contributed by atoms with Crippen LogP contribution in [0.1, 0.15) is 18.2 Å². The Kier molecular flexibility index (Phi) is 6.09. The molecule has 9 heteroatoms. The Morgan fingerprint density at radius 3 is 3.00 bits per heavy atom. The van der Waals surface area contributed by atoms with Gasteiger partial charge in [0, 0.05) is 19.7 Å². The minimum atomic E-state index is -0.633. The van der Waals surface area contributed by atoms with Crippen molar-refractivity contribution < 1.29 is 19.3 Å². The number of H-pyrrole nitrogens is 1. The van der Waals surface area contributed by atoms with Gasteiger partial charge in [0.2, 0.25) is 0 Å². The summed E-state index contributed by atoms with van der Waals surface area (Å²) in [6.07, 6.45) is 1.70. The summed E-state index contributed by atoms with van der Waals surface area (Å²) < 4.78 is 17.2. The maximum atomic E-state index is 12.0. The second-order valence-corrected chi connectivity index (χ2v) is 5.23. The third kappa shape index (κ3) is 3.73. The maximum Gasteiger partial charge on any atom is 0.330 e. The Hall–Kier alpha value is -1.26. The van der Waals surface area contributed by atoms with E-state index in [0.29, 0.717) is 12.0 Å². The van der Waals surface area contributed by atoms with Gasteiger partial charge < -0.3 is 19.3 Å². The summed E-state index contributed by atoms with van der Waals surface area (Å²) in [4.78, 5) is 27.4. The smallest absolute Gasteiger partial charge is 0.330 e. The Morgan fingerprint density at radius 2 is 2.36 bits per heavy atom. The number of methoxy groups -OCH3 is 1. The number of hydrogen-bond donors (Lipinski definition) is 2. The van der Waals surface area contributed by atoms with Gasteiger partial charge in [0.05, 0.1) is 18.3 Å². The molecular formula is C13H17BrN2O6. The van der Waals surface area contributed by atoms with Gasteiger partial charge in [0.1, 0.15) is 19.1 Å². The molecule has 0 aliphatic carbocycles. The van der Waals surface area contributed by atoms with Crippen LogP contribution >= 0.6 is 15.9 Å².